The summed E-state index contributed by atoms with van der Waals surface area (Å²) in [5, 5.41) is 0. The van der Waals surface area contributed by atoms with Gasteiger partial charge in [-0.15, -0.1) is 0 Å². The largest absolute Gasteiger partial charge is 0.384 e. The van der Waals surface area contributed by atoms with Gasteiger partial charge in [0.1, 0.15) is 0 Å². The van der Waals surface area contributed by atoms with Crippen LogP contribution in [0, 0.1) is 5.41 Å². The lowest BCUT2D eigenvalue weighted by atomic mass is 9.89. The molecule has 0 aromatic rings. The van der Waals surface area contributed by atoms with Crippen LogP contribution in [0.1, 0.15) is 53.9 Å². The van der Waals surface area contributed by atoms with Crippen LogP contribution in [0.15, 0.2) is 12.2 Å². The molecule has 0 N–H and O–H groups in total. The van der Waals surface area contributed by atoms with E-state index in [0.717, 1.165) is 12.5 Å². The third kappa shape index (κ3) is 11.8. The Morgan fingerprint density at radius 2 is 1.71 bits per heavy atom. The van der Waals surface area contributed by atoms with E-state index in [1.807, 2.05) is 13.8 Å². The lowest BCUT2D eigenvalue weighted by Crippen LogP contribution is -2.17. The maximum atomic E-state index is 12.8. The van der Waals surface area contributed by atoms with Crippen LogP contribution in [0.25, 0.3) is 0 Å². The molecule has 0 aromatic heterocycles. The quantitative estimate of drug-likeness (QED) is 0.573. The van der Waals surface area contributed by atoms with Crippen molar-refractivity contribution in [1.29, 1.82) is 0 Å². The summed E-state index contributed by atoms with van der Waals surface area (Å²) in [5.41, 5.74) is 0.0561. The van der Waals surface area contributed by atoms with E-state index in [1.165, 1.54) is 6.92 Å². The smallest absolute Gasteiger partial charge is 0.266 e. The summed E-state index contributed by atoms with van der Waals surface area (Å²) >= 11 is 0. The first-order valence-electron chi connectivity index (χ1n) is 6.37. The third-order valence-corrected chi connectivity index (χ3v) is 2.36. The van der Waals surface area contributed by atoms with Crippen molar-refractivity contribution in [2.24, 2.45) is 5.41 Å². The second-order valence-electron chi connectivity index (χ2n) is 4.65. The molecule has 0 saturated heterocycles. The molecule has 0 atom stereocenters. The number of hydrogen-bond acceptors (Lipinski definition) is 1. The molecule has 0 aliphatic heterocycles. The van der Waals surface area contributed by atoms with E-state index in [9.17, 15) is 8.78 Å². The van der Waals surface area contributed by atoms with Crippen LogP contribution in [0.2, 0.25) is 0 Å². The van der Waals surface area contributed by atoms with E-state index in [0.29, 0.717) is 13.0 Å². The van der Waals surface area contributed by atoms with Gasteiger partial charge in [0, 0.05) is 13.5 Å². The fourth-order valence-corrected chi connectivity index (χ4v) is 1.31. The van der Waals surface area contributed by atoms with Crippen molar-refractivity contribution in [3.63, 3.8) is 0 Å². The van der Waals surface area contributed by atoms with Crippen LogP contribution in [0.5, 0.6) is 0 Å². The number of rotatable bonds is 7. The molecule has 0 aliphatic carbocycles. The van der Waals surface area contributed by atoms with Crippen molar-refractivity contribution in [3.05, 3.63) is 12.2 Å². The average molecular weight is 250 g/mol. The molecule has 104 valence electrons. The predicted octanol–water partition coefficient (Wildman–Crippen LogP) is 5.07. The number of hydrogen-bond donors (Lipinski definition) is 0. The molecular weight excluding hydrogens is 222 g/mol. The molecule has 0 radical (unpaired) electrons. The summed E-state index contributed by atoms with van der Waals surface area (Å²) in [4.78, 5) is 0. The Morgan fingerprint density at radius 3 is 2.12 bits per heavy atom. The van der Waals surface area contributed by atoms with E-state index in [2.05, 4.69) is 13.8 Å². The van der Waals surface area contributed by atoms with E-state index in [-0.39, 0.29) is 11.8 Å². The number of allylic oxidation sites excluding steroid dienone is 2. The fourth-order valence-electron chi connectivity index (χ4n) is 1.31. The molecule has 0 aromatic carbocycles. The maximum absolute atomic E-state index is 12.8. The fraction of sp³-hybridized carbons (Fsp3) is 0.857. The lowest BCUT2D eigenvalue weighted by molar-refractivity contribution is 0.0506. The first kappa shape index (κ1) is 18.9. The molecule has 0 fully saturated rings. The summed E-state index contributed by atoms with van der Waals surface area (Å²) in [7, 11) is 1.66. The van der Waals surface area contributed by atoms with E-state index >= 15 is 0 Å². The van der Waals surface area contributed by atoms with Crippen molar-refractivity contribution in [1.82, 2.24) is 0 Å². The Labute approximate surface area is 105 Å². The second kappa shape index (κ2) is 9.58. The van der Waals surface area contributed by atoms with E-state index in [1.54, 1.807) is 13.2 Å². The van der Waals surface area contributed by atoms with Crippen LogP contribution in [0.3, 0.4) is 0 Å². The van der Waals surface area contributed by atoms with Gasteiger partial charge in [-0.2, -0.15) is 0 Å². The molecule has 0 aliphatic rings. The van der Waals surface area contributed by atoms with Gasteiger partial charge in [-0.25, -0.2) is 8.78 Å². The van der Waals surface area contributed by atoms with Crippen LogP contribution < -0.4 is 0 Å². The van der Waals surface area contributed by atoms with Gasteiger partial charge in [0.2, 0.25) is 0 Å². The van der Waals surface area contributed by atoms with Crippen LogP contribution >= 0.6 is 0 Å². The second-order valence-corrected chi connectivity index (χ2v) is 4.65. The molecule has 1 nitrogen and oxygen atoms in total. The number of methoxy groups -OCH3 is 1. The molecule has 3 heteroatoms. The molecule has 0 amide bonds. The number of alkyl halides is 2. The highest BCUT2D eigenvalue weighted by Crippen LogP contribution is 2.24. The summed E-state index contributed by atoms with van der Waals surface area (Å²) < 4.78 is 30.7. The third-order valence-electron chi connectivity index (χ3n) is 2.36. The standard InChI is InChI=1S/C12H22F2O.C2H6/c1-5-12(13,14)9-7-6-8-11(2,3)10-15-4;1-2/h7,9H,5-6,8,10H2,1-4H3;1-2H3/b9-7+;. The van der Waals surface area contributed by atoms with E-state index < -0.39 is 5.92 Å². The molecule has 0 unspecified atom stereocenters. The Morgan fingerprint density at radius 1 is 1.18 bits per heavy atom. The molecule has 0 heterocycles. The first-order chi connectivity index (χ1) is 7.83. The predicted molar refractivity (Wildman–Crippen MR) is 70.6 cm³/mol. The average Bonchev–Trinajstić information content (AvgIpc) is 2.27. The highest BCUT2D eigenvalue weighted by Gasteiger charge is 2.21. The molecule has 0 saturated carbocycles. The summed E-state index contributed by atoms with van der Waals surface area (Å²) in [6, 6.07) is 0. The van der Waals surface area contributed by atoms with E-state index in [4.69, 9.17) is 4.74 Å². The molecule has 0 rings (SSSR count). The van der Waals surface area contributed by atoms with Gasteiger partial charge in [-0.05, 0) is 24.3 Å². The Bertz CT molecular complexity index is 198. The monoisotopic (exact) mass is 250 g/mol. The summed E-state index contributed by atoms with van der Waals surface area (Å²) in [6.07, 6.45) is 3.98. The van der Waals surface area contributed by atoms with Crippen molar-refractivity contribution in [2.75, 3.05) is 13.7 Å². The van der Waals surface area contributed by atoms with Gasteiger partial charge in [0.25, 0.3) is 5.92 Å². The Balaban J connectivity index is 0. The summed E-state index contributed by atoms with van der Waals surface area (Å²) in [6.45, 7) is 10.3. The molecule has 0 bridgehead atoms. The van der Waals surface area contributed by atoms with Crippen LogP contribution in [0.4, 0.5) is 8.78 Å². The van der Waals surface area contributed by atoms with Crippen LogP contribution in [-0.4, -0.2) is 19.6 Å². The number of ether oxygens (including phenoxy) is 1. The zero-order valence-corrected chi connectivity index (χ0v) is 12.1. The van der Waals surface area contributed by atoms with Gasteiger partial charge in [0.05, 0.1) is 6.61 Å². The Hall–Kier alpha value is -0.440. The maximum Gasteiger partial charge on any atom is 0.266 e. The van der Waals surface area contributed by atoms with Crippen molar-refractivity contribution in [2.45, 2.75) is 59.8 Å². The summed E-state index contributed by atoms with van der Waals surface area (Å²) in [5.74, 6) is -2.65. The SMILES string of the molecule is CC.CCC(F)(F)/C=C/CCC(C)(C)COC. The van der Waals surface area contributed by atoms with Gasteiger partial charge in [-0.3, -0.25) is 0 Å². The lowest BCUT2D eigenvalue weighted by Gasteiger charge is -2.22. The van der Waals surface area contributed by atoms with Crippen LogP contribution in [-0.2, 0) is 4.74 Å². The van der Waals surface area contributed by atoms with Crippen molar-refractivity contribution in [3.8, 4) is 0 Å². The first-order valence-corrected chi connectivity index (χ1v) is 6.37. The van der Waals surface area contributed by atoms with Gasteiger partial charge in [0.15, 0.2) is 0 Å². The topological polar surface area (TPSA) is 9.23 Å². The zero-order valence-electron chi connectivity index (χ0n) is 12.1. The van der Waals surface area contributed by atoms with Crippen molar-refractivity contribution >= 4 is 0 Å². The highest BCUT2D eigenvalue weighted by atomic mass is 19.3. The minimum Gasteiger partial charge on any atom is -0.384 e. The number of halogens is 2. The van der Waals surface area contributed by atoms with Gasteiger partial charge >= 0.3 is 0 Å². The highest BCUT2D eigenvalue weighted by molar-refractivity contribution is 4.94. The van der Waals surface area contributed by atoms with Gasteiger partial charge < -0.3 is 4.74 Å². The molecule has 17 heavy (non-hydrogen) atoms. The minimum absolute atomic E-state index is 0.0561. The van der Waals surface area contributed by atoms with Gasteiger partial charge in [-0.1, -0.05) is 40.7 Å². The molecule has 0 spiro atoms. The zero-order chi connectivity index (χ0) is 13.9. The Kier molecular flexibility index (Phi) is 10.7. The van der Waals surface area contributed by atoms with Crippen molar-refractivity contribution < 1.29 is 13.5 Å². The normalized spacial score (nSPS) is 12.5. The molecular formula is C14H28F2O. The minimum atomic E-state index is -2.65.